The van der Waals surface area contributed by atoms with Gasteiger partial charge in [-0.2, -0.15) is 0 Å². The number of aromatic nitrogens is 2. The Morgan fingerprint density at radius 1 is 1.12 bits per heavy atom. The van der Waals surface area contributed by atoms with E-state index in [1.807, 2.05) is 18.2 Å². The lowest BCUT2D eigenvalue weighted by atomic mass is 9.78. The summed E-state index contributed by atoms with van der Waals surface area (Å²) in [5.74, 6) is 0.346. The molecule has 0 amide bonds. The topological polar surface area (TPSA) is 73.7 Å². The van der Waals surface area contributed by atoms with Gasteiger partial charge < -0.3 is 19.3 Å². The van der Waals surface area contributed by atoms with E-state index in [0.717, 1.165) is 35.2 Å². The number of nitrogens with zero attached hydrogens (tertiary/aromatic N) is 2. The highest BCUT2D eigenvalue weighted by atomic mass is 16.7. The van der Waals surface area contributed by atoms with Crippen molar-refractivity contribution in [2.75, 3.05) is 20.3 Å². The molecule has 0 bridgehead atoms. The summed E-state index contributed by atoms with van der Waals surface area (Å²) in [7, 11) is 1.65. The molecule has 1 aromatic carbocycles. The van der Waals surface area contributed by atoms with Gasteiger partial charge in [-0.15, -0.1) is 0 Å². The predicted molar refractivity (Wildman–Crippen MR) is 92.5 cm³/mol. The van der Waals surface area contributed by atoms with E-state index in [-0.39, 0.29) is 0 Å². The van der Waals surface area contributed by atoms with Crippen molar-refractivity contribution in [3.63, 3.8) is 0 Å². The van der Waals surface area contributed by atoms with Crippen LogP contribution in [0.5, 0.6) is 5.75 Å². The van der Waals surface area contributed by atoms with Gasteiger partial charge in [-0.25, -0.2) is 9.97 Å². The molecule has 0 radical (unpaired) electrons. The molecular formula is C19H24N2O4. The second-order valence-electron chi connectivity index (χ2n) is 7.04. The van der Waals surface area contributed by atoms with Crippen molar-refractivity contribution in [1.29, 1.82) is 0 Å². The van der Waals surface area contributed by atoms with Gasteiger partial charge in [0.25, 0.3) is 0 Å². The number of methoxy groups -OCH3 is 1. The second-order valence-corrected chi connectivity index (χ2v) is 7.04. The minimum atomic E-state index is -0.684. The fourth-order valence-corrected chi connectivity index (χ4v) is 3.90. The van der Waals surface area contributed by atoms with Crippen LogP contribution >= 0.6 is 0 Å². The van der Waals surface area contributed by atoms with Crippen LogP contribution in [-0.2, 0) is 15.9 Å². The lowest BCUT2D eigenvalue weighted by Crippen LogP contribution is -2.43. The van der Waals surface area contributed by atoms with Crippen LogP contribution in [0.1, 0.15) is 37.8 Å². The zero-order valence-electron chi connectivity index (χ0n) is 14.5. The molecule has 2 aromatic rings. The number of aliphatic hydroxyl groups is 1. The molecule has 1 spiro atoms. The highest BCUT2D eigenvalue weighted by molar-refractivity contribution is 5.82. The number of aryl methyl sites for hydroxylation is 1. The van der Waals surface area contributed by atoms with Crippen LogP contribution in [0.4, 0.5) is 0 Å². The number of hydrogen-bond acceptors (Lipinski definition) is 6. The summed E-state index contributed by atoms with van der Waals surface area (Å²) < 4.78 is 16.8. The van der Waals surface area contributed by atoms with Gasteiger partial charge in [0.1, 0.15) is 12.1 Å². The van der Waals surface area contributed by atoms with Gasteiger partial charge in [-0.1, -0.05) is 0 Å². The lowest BCUT2D eigenvalue weighted by molar-refractivity contribution is -0.203. The fraction of sp³-hybridized carbons (Fsp3) is 0.579. The summed E-state index contributed by atoms with van der Waals surface area (Å²) >= 11 is 0. The first kappa shape index (κ1) is 16.7. The number of ether oxygens (including phenoxy) is 3. The van der Waals surface area contributed by atoms with Crippen LogP contribution < -0.4 is 4.74 Å². The first-order chi connectivity index (χ1) is 12.1. The molecule has 2 aliphatic rings. The lowest BCUT2D eigenvalue weighted by Gasteiger charge is -2.40. The monoisotopic (exact) mass is 344 g/mol. The summed E-state index contributed by atoms with van der Waals surface area (Å²) in [5, 5.41) is 12.0. The average molecular weight is 344 g/mol. The SMILES string of the molecule is COc1ccc2ncnc(CCC3(O)CCC4(CC3)OCCO4)c2c1. The first-order valence-electron chi connectivity index (χ1n) is 8.89. The second kappa shape index (κ2) is 6.52. The van der Waals surface area contributed by atoms with Gasteiger partial charge in [0, 0.05) is 18.2 Å². The van der Waals surface area contributed by atoms with Crippen LogP contribution in [0.2, 0.25) is 0 Å². The third kappa shape index (κ3) is 3.34. The smallest absolute Gasteiger partial charge is 0.168 e. The quantitative estimate of drug-likeness (QED) is 0.919. The molecule has 1 aliphatic carbocycles. The Bertz CT molecular complexity index is 748. The summed E-state index contributed by atoms with van der Waals surface area (Å²) in [5.41, 5.74) is 1.16. The molecule has 0 unspecified atom stereocenters. The van der Waals surface area contributed by atoms with Crippen LogP contribution in [0.15, 0.2) is 24.5 Å². The Balaban J connectivity index is 1.47. The van der Waals surface area contributed by atoms with E-state index in [0.29, 0.717) is 38.9 Å². The highest BCUT2D eigenvalue weighted by Crippen LogP contribution is 2.42. The molecule has 2 fully saturated rings. The molecule has 134 valence electrons. The largest absolute Gasteiger partial charge is 0.497 e. The minimum Gasteiger partial charge on any atom is -0.497 e. The van der Waals surface area contributed by atoms with E-state index in [1.54, 1.807) is 13.4 Å². The van der Waals surface area contributed by atoms with Gasteiger partial charge in [-0.3, -0.25) is 0 Å². The standard InChI is InChI=1S/C19H24N2O4/c1-23-14-2-3-16-15(12-14)17(21-13-20-16)4-5-18(22)6-8-19(9-7-18)24-10-11-25-19/h2-3,12-13,22H,4-11H2,1H3. The van der Waals surface area contributed by atoms with Gasteiger partial charge >= 0.3 is 0 Å². The van der Waals surface area contributed by atoms with Crippen molar-refractivity contribution < 1.29 is 19.3 Å². The van der Waals surface area contributed by atoms with Crippen LogP contribution in [-0.4, -0.2) is 46.8 Å². The first-order valence-corrected chi connectivity index (χ1v) is 8.89. The molecule has 1 aromatic heterocycles. The van der Waals surface area contributed by atoms with E-state index in [1.165, 1.54) is 0 Å². The molecule has 25 heavy (non-hydrogen) atoms. The predicted octanol–water partition coefficient (Wildman–Crippen LogP) is 2.62. The van der Waals surface area contributed by atoms with E-state index in [4.69, 9.17) is 14.2 Å². The molecule has 1 N–H and O–H groups in total. The Labute approximate surface area is 147 Å². The van der Waals surface area contributed by atoms with Crippen molar-refractivity contribution >= 4 is 10.9 Å². The van der Waals surface area contributed by atoms with Crippen LogP contribution in [0.3, 0.4) is 0 Å². The van der Waals surface area contributed by atoms with E-state index in [2.05, 4.69) is 9.97 Å². The van der Waals surface area contributed by atoms with Crippen molar-refractivity contribution in [2.45, 2.75) is 49.9 Å². The molecule has 4 rings (SSSR count). The maximum Gasteiger partial charge on any atom is 0.168 e. The van der Waals surface area contributed by atoms with Crippen molar-refractivity contribution in [3.8, 4) is 5.75 Å². The van der Waals surface area contributed by atoms with Gasteiger partial charge in [-0.05, 0) is 43.9 Å². The third-order valence-corrected chi connectivity index (χ3v) is 5.51. The van der Waals surface area contributed by atoms with Crippen molar-refractivity contribution in [2.24, 2.45) is 0 Å². The van der Waals surface area contributed by atoms with Gasteiger partial charge in [0.2, 0.25) is 0 Å². The third-order valence-electron chi connectivity index (χ3n) is 5.51. The molecular weight excluding hydrogens is 320 g/mol. The molecule has 6 nitrogen and oxygen atoms in total. The number of hydrogen-bond donors (Lipinski definition) is 1. The normalized spacial score (nSPS) is 21.7. The van der Waals surface area contributed by atoms with Crippen molar-refractivity contribution in [3.05, 3.63) is 30.2 Å². The van der Waals surface area contributed by atoms with E-state index < -0.39 is 11.4 Å². The molecule has 2 heterocycles. The fourth-order valence-electron chi connectivity index (χ4n) is 3.90. The van der Waals surface area contributed by atoms with E-state index >= 15 is 0 Å². The minimum absolute atomic E-state index is 0.443. The Morgan fingerprint density at radius 2 is 1.88 bits per heavy atom. The summed E-state index contributed by atoms with van der Waals surface area (Å²) in [4.78, 5) is 8.76. The maximum absolute atomic E-state index is 11.0. The van der Waals surface area contributed by atoms with Crippen LogP contribution in [0, 0.1) is 0 Å². The highest BCUT2D eigenvalue weighted by Gasteiger charge is 2.45. The molecule has 1 saturated carbocycles. The number of benzene rings is 1. The number of fused-ring (bicyclic) bond motifs is 1. The average Bonchev–Trinajstić information content (AvgIpc) is 3.11. The summed E-state index contributed by atoms with van der Waals surface area (Å²) in [6.45, 7) is 1.32. The van der Waals surface area contributed by atoms with Crippen molar-refractivity contribution in [1.82, 2.24) is 9.97 Å². The van der Waals surface area contributed by atoms with E-state index in [9.17, 15) is 5.11 Å². The molecule has 0 atom stereocenters. The zero-order chi connectivity index (χ0) is 17.3. The molecule has 6 heteroatoms. The maximum atomic E-state index is 11.0. The Hall–Kier alpha value is -1.76. The summed E-state index contributed by atoms with van der Waals surface area (Å²) in [6, 6.07) is 5.80. The Kier molecular flexibility index (Phi) is 4.35. The van der Waals surface area contributed by atoms with Gasteiger partial charge in [0.05, 0.1) is 37.1 Å². The summed E-state index contributed by atoms with van der Waals surface area (Å²) in [6.07, 6.45) is 5.86. The molecule has 1 saturated heterocycles. The van der Waals surface area contributed by atoms with Crippen LogP contribution in [0.25, 0.3) is 10.9 Å². The van der Waals surface area contributed by atoms with Gasteiger partial charge in [0.15, 0.2) is 5.79 Å². The zero-order valence-corrected chi connectivity index (χ0v) is 14.5. The Morgan fingerprint density at radius 3 is 2.60 bits per heavy atom. The number of rotatable bonds is 4. The molecule has 1 aliphatic heterocycles.